The summed E-state index contributed by atoms with van der Waals surface area (Å²) in [6.45, 7) is 5.57. The fraction of sp³-hybridized carbons (Fsp3) is 0.538. The van der Waals surface area contributed by atoms with Crippen LogP contribution in [-0.2, 0) is 0 Å². The largest absolute Gasteiger partial charge is 0.487 e. The number of halogens is 1. The molecular formula is C13H17FO2. The van der Waals surface area contributed by atoms with Crippen molar-refractivity contribution in [2.24, 2.45) is 5.41 Å². The van der Waals surface area contributed by atoms with E-state index >= 15 is 0 Å². The smallest absolute Gasteiger partial charge is 0.167 e. The molecule has 1 N–H and O–H groups in total. The van der Waals surface area contributed by atoms with Crippen molar-refractivity contribution in [1.82, 2.24) is 0 Å². The van der Waals surface area contributed by atoms with E-state index in [2.05, 4.69) is 0 Å². The van der Waals surface area contributed by atoms with Gasteiger partial charge in [0.05, 0.1) is 6.10 Å². The third-order valence-electron chi connectivity index (χ3n) is 3.55. The van der Waals surface area contributed by atoms with Crippen LogP contribution in [0.5, 0.6) is 5.75 Å². The van der Waals surface area contributed by atoms with Gasteiger partial charge in [-0.05, 0) is 18.6 Å². The molecule has 3 heteroatoms. The van der Waals surface area contributed by atoms with Crippen LogP contribution in [0.25, 0.3) is 0 Å². The lowest BCUT2D eigenvalue weighted by Gasteiger charge is -2.48. The molecule has 16 heavy (non-hydrogen) atoms. The monoisotopic (exact) mass is 224 g/mol. The molecule has 2 unspecified atom stereocenters. The van der Waals surface area contributed by atoms with Crippen molar-refractivity contribution in [3.8, 4) is 5.75 Å². The molecular weight excluding hydrogens is 207 g/mol. The Balaban J connectivity index is 2.14. The molecule has 1 aliphatic rings. The van der Waals surface area contributed by atoms with Crippen LogP contribution in [0.3, 0.4) is 0 Å². The second-order valence-electron chi connectivity index (χ2n) is 5.07. The molecule has 88 valence electrons. The molecule has 0 radical (unpaired) electrons. The Morgan fingerprint density at radius 3 is 2.69 bits per heavy atom. The Hall–Kier alpha value is -1.09. The minimum Gasteiger partial charge on any atom is -0.487 e. The Labute approximate surface area is 95.1 Å². The predicted octanol–water partition coefficient (Wildman–Crippen LogP) is 2.67. The van der Waals surface area contributed by atoms with Crippen molar-refractivity contribution < 1.29 is 14.2 Å². The van der Waals surface area contributed by atoms with Gasteiger partial charge in [-0.1, -0.05) is 26.0 Å². The maximum Gasteiger partial charge on any atom is 0.167 e. The molecule has 1 fully saturated rings. The number of aliphatic hydroxyl groups is 1. The molecule has 2 atom stereocenters. The zero-order chi connectivity index (χ0) is 11.9. The van der Waals surface area contributed by atoms with Gasteiger partial charge < -0.3 is 9.84 Å². The quantitative estimate of drug-likeness (QED) is 0.836. The zero-order valence-electron chi connectivity index (χ0n) is 9.83. The molecule has 0 bridgehead atoms. The van der Waals surface area contributed by atoms with Gasteiger partial charge in [-0.2, -0.15) is 0 Å². The number of hydrogen-bond acceptors (Lipinski definition) is 2. The summed E-state index contributed by atoms with van der Waals surface area (Å²) >= 11 is 0. The van der Waals surface area contributed by atoms with E-state index in [9.17, 15) is 9.50 Å². The lowest BCUT2D eigenvalue weighted by atomic mass is 9.66. The van der Waals surface area contributed by atoms with E-state index in [-0.39, 0.29) is 29.2 Å². The average Bonchev–Trinajstić information content (AvgIpc) is 2.24. The van der Waals surface area contributed by atoms with Crippen molar-refractivity contribution in [2.45, 2.75) is 39.4 Å². The minimum atomic E-state index is -0.356. The van der Waals surface area contributed by atoms with Crippen LogP contribution in [0.15, 0.2) is 18.2 Å². The fourth-order valence-electron chi connectivity index (χ4n) is 1.93. The van der Waals surface area contributed by atoms with Gasteiger partial charge in [0.25, 0.3) is 0 Å². The molecule has 1 aliphatic carbocycles. The summed E-state index contributed by atoms with van der Waals surface area (Å²) in [5, 5.41) is 9.57. The molecule has 0 spiro atoms. The summed E-state index contributed by atoms with van der Waals surface area (Å²) in [6, 6.07) is 5.11. The molecule has 2 nitrogen and oxygen atoms in total. The van der Waals surface area contributed by atoms with Gasteiger partial charge in [0.15, 0.2) is 11.6 Å². The van der Waals surface area contributed by atoms with Crippen molar-refractivity contribution in [3.05, 3.63) is 29.6 Å². The first-order chi connectivity index (χ1) is 7.43. The lowest BCUT2D eigenvalue weighted by molar-refractivity contribution is -0.135. The minimum absolute atomic E-state index is 0.112. The van der Waals surface area contributed by atoms with E-state index in [0.29, 0.717) is 12.0 Å². The normalized spacial score (nSPS) is 27.3. The maximum absolute atomic E-state index is 13.7. The summed E-state index contributed by atoms with van der Waals surface area (Å²) in [5.74, 6) is -0.0235. The second-order valence-corrected chi connectivity index (χ2v) is 5.07. The number of hydrogen-bond donors (Lipinski definition) is 1. The SMILES string of the molecule is Cc1cccc(OC2CC(O)C2(C)C)c1F. The van der Waals surface area contributed by atoms with Crippen molar-refractivity contribution in [3.63, 3.8) is 0 Å². The van der Waals surface area contributed by atoms with Crippen LogP contribution < -0.4 is 4.74 Å². The highest BCUT2D eigenvalue weighted by Crippen LogP contribution is 2.43. The third-order valence-corrected chi connectivity index (χ3v) is 3.55. The molecule has 0 saturated heterocycles. The average molecular weight is 224 g/mol. The van der Waals surface area contributed by atoms with Crippen molar-refractivity contribution >= 4 is 0 Å². The molecule has 0 heterocycles. The molecule has 2 rings (SSSR count). The third kappa shape index (κ3) is 1.69. The fourth-order valence-corrected chi connectivity index (χ4v) is 1.93. The highest BCUT2D eigenvalue weighted by molar-refractivity contribution is 5.30. The van der Waals surface area contributed by atoms with E-state index < -0.39 is 0 Å². The Morgan fingerprint density at radius 1 is 1.44 bits per heavy atom. The first kappa shape index (κ1) is 11.4. The van der Waals surface area contributed by atoms with Gasteiger partial charge in [-0.25, -0.2) is 4.39 Å². The van der Waals surface area contributed by atoms with Gasteiger partial charge in [-0.3, -0.25) is 0 Å². The molecule has 0 aromatic heterocycles. The first-order valence-electron chi connectivity index (χ1n) is 5.52. The Bertz CT molecular complexity index is 401. The molecule has 1 aromatic rings. The van der Waals surface area contributed by atoms with Crippen molar-refractivity contribution in [1.29, 1.82) is 0 Å². The van der Waals surface area contributed by atoms with Gasteiger partial charge in [0.2, 0.25) is 0 Å². The van der Waals surface area contributed by atoms with Gasteiger partial charge in [0, 0.05) is 11.8 Å². The lowest BCUT2D eigenvalue weighted by Crippen LogP contribution is -2.56. The van der Waals surface area contributed by atoms with Gasteiger partial charge in [-0.15, -0.1) is 0 Å². The number of aryl methyl sites for hydroxylation is 1. The Kier molecular flexibility index (Phi) is 2.66. The first-order valence-corrected chi connectivity index (χ1v) is 5.52. The molecule has 1 aromatic carbocycles. The second kappa shape index (κ2) is 3.74. The number of ether oxygens (including phenoxy) is 1. The molecule has 0 aliphatic heterocycles. The van der Waals surface area contributed by atoms with E-state index in [4.69, 9.17) is 4.74 Å². The summed E-state index contributed by atoms with van der Waals surface area (Å²) < 4.78 is 19.3. The summed E-state index contributed by atoms with van der Waals surface area (Å²) in [6.07, 6.45) is 0.101. The van der Waals surface area contributed by atoms with Gasteiger partial charge >= 0.3 is 0 Å². The van der Waals surface area contributed by atoms with E-state index in [1.165, 1.54) is 0 Å². The van der Waals surface area contributed by atoms with E-state index in [0.717, 1.165) is 0 Å². The maximum atomic E-state index is 13.7. The van der Waals surface area contributed by atoms with Crippen LogP contribution in [0.4, 0.5) is 4.39 Å². The number of benzene rings is 1. The molecule has 0 amide bonds. The molecule has 1 saturated carbocycles. The van der Waals surface area contributed by atoms with Crippen LogP contribution in [0.2, 0.25) is 0 Å². The highest BCUT2D eigenvalue weighted by atomic mass is 19.1. The van der Waals surface area contributed by atoms with E-state index in [1.807, 2.05) is 13.8 Å². The summed E-state index contributed by atoms with van der Waals surface area (Å²) in [4.78, 5) is 0. The number of rotatable bonds is 2. The van der Waals surface area contributed by atoms with Crippen molar-refractivity contribution in [2.75, 3.05) is 0 Å². The number of aliphatic hydroxyl groups excluding tert-OH is 1. The van der Waals surface area contributed by atoms with E-state index in [1.54, 1.807) is 25.1 Å². The Morgan fingerprint density at radius 2 is 2.12 bits per heavy atom. The van der Waals surface area contributed by atoms with Crippen LogP contribution in [0.1, 0.15) is 25.8 Å². The highest BCUT2D eigenvalue weighted by Gasteiger charge is 2.49. The van der Waals surface area contributed by atoms with Crippen LogP contribution >= 0.6 is 0 Å². The predicted molar refractivity (Wildman–Crippen MR) is 60.0 cm³/mol. The summed E-state index contributed by atoms with van der Waals surface area (Å²) in [5.41, 5.74) is 0.283. The van der Waals surface area contributed by atoms with Gasteiger partial charge in [0.1, 0.15) is 6.10 Å². The summed E-state index contributed by atoms with van der Waals surface area (Å²) in [7, 11) is 0. The van der Waals surface area contributed by atoms with Crippen LogP contribution in [-0.4, -0.2) is 17.3 Å². The zero-order valence-corrected chi connectivity index (χ0v) is 9.83. The van der Waals surface area contributed by atoms with Crippen LogP contribution in [0, 0.1) is 18.2 Å². The topological polar surface area (TPSA) is 29.5 Å². The standard InChI is InChI=1S/C13H17FO2/c1-8-5-4-6-9(12(8)14)16-11-7-10(15)13(11,2)3/h4-6,10-11,15H,7H2,1-3H3.